The number of hydrogen-bond acceptors (Lipinski definition) is 4. The quantitative estimate of drug-likeness (QED) is 0.778. The minimum absolute atomic E-state index is 0.134. The molecule has 5 heteroatoms. The molecule has 2 aromatic carbocycles. The molecule has 0 atom stereocenters. The molecule has 0 saturated heterocycles. The monoisotopic (exact) mass is 341 g/mol. The molecule has 1 N–H and O–H groups in total. The molecular weight excluding hydrogens is 318 g/mol. The lowest BCUT2D eigenvalue weighted by Gasteiger charge is -2.14. The van der Waals surface area contributed by atoms with Crippen LogP contribution in [0.1, 0.15) is 35.3 Å². The first-order valence-electron chi connectivity index (χ1n) is 8.16. The first-order chi connectivity index (χ1) is 12.0. The number of hydrogen-bond donors (Lipinski definition) is 1. The predicted octanol–water partition coefficient (Wildman–Crippen LogP) is 3.79. The van der Waals surface area contributed by atoms with Gasteiger partial charge in [0.25, 0.3) is 5.91 Å². The smallest absolute Gasteiger partial charge is 0.262 e. The van der Waals surface area contributed by atoms with Gasteiger partial charge in [-0.05, 0) is 43.5 Å². The van der Waals surface area contributed by atoms with E-state index in [1.807, 2.05) is 32.0 Å². The van der Waals surface area contributed by atoms with Gasteiger partial charge in [-0.2, -0.15) is 0 Å². The number of nitrogens with one attached hydrogen (secondary N) is 1. The van der Waals surface area contributed by atoms with Crippen molar-refractivity contribution in [3.8, 4) is 11.5 Å². The fraction of sp³-hybridized carbons (Fsp3) is 0.300. The minimum Gasteiger partial charge on any atom is -0.497 e. The van der Waals surface area contributed by atoms with Gasteiger partial charge < -0.3 is 14.8 Å². The Balaban J connectivity index is 2.12. The number of rotatable bonds is 7. The van der Waals surface area contributed by atoms with Gasteiger partial charge in [-0.3, -0.25) is 9.59 Å². The van der Waals surface area contributed by atoms with Crippen LogP contribution in [0.5, 0.6) is 11.5 Å². The van der Waals surface area contributed by atoms with Gasteiger partial charge in [0.15, 0.2) is 12.4 Å². The number of aryl methyl sites for hydroxylation is 2. The number of carbonyl (C=O) groups excluding carboxylic acids is 2. The Morgan fingerprint density at radius 2 is 1.92 bits per heavy atom. The average Bonchev–Trinajstić information content (AvgIpc) is 2.61. The van der Waals surface area contributed by atoms with Crippen LogP contribution in [0, 0.1) is 6.92 Å². The number of anilines is 1. The van der Waals surface area contributed by atoms with Gasteiger partial charge in [0.05, 0.1) is 12.7 Å². The summed E-state index contributed by atoms with van der Waals surface area (Å²) in [6.07, 6.45) is 0.822. The number of methoxy groups -OCH3 is 1. The molecule has 0 bridgehead atoms. The Kier molecular flexibility index (Phi) is 6.17. The Morgan fingerprint density at radius 3 is 2.56 bits per heavy atom. The summed E-state index contributed by atoms with van der Waals surface area (Å²) in [5.74, 6) is 0.488. The minimum atomic E-state index is -0.277. The number of benzene rings is 2. The lowest BCUT2D eigenvalue weighted by atomic mass is 10.1. The summed E-state index contributed by atoms with van der Waals surface area (Å²) < 4.78 is 10.7. The van der Waals surface area contributed by atoms with E-state index >= 15 is 0 Å². The van der Waals surface area contributed by atoms with Crippen molar-refractivity contribution >= 4 is 17.4 Å². The van der Waals surface area contributed by atoms with Gasteiger partial charge in [0, 0.05) is 11.8 Å². The Labute approximate surface area is 148 Å². The highest BCUT2D eigenvalue weighted by atomic mass is 16.5. The molecule has 2 rings (SSSR count). The van der Waals surface area contributed by atoms with Crippen molar-refractivity contribution < 1.29 is 19.1 Å². The molecule has 1 amide bonds. The molecule has 0 fully saturated rings. The van der Waals surface area contributed by atoms with E-state index in [0.29, 0.717) is 17.1 Å². The molecular formula is C20H23NO4. The third-order valence-electron chi connectivity index (χ3n) is 3.93. The zero-order valence-corrected chi connectivity index (χ0v) is 15.0. The maximum absolute atomic E-state index is 12.3. The van der Waals surface area contributed by atoms with Gasteiger partial charge in [0.2, 0.25) is 0 Å². The first kappa shape index (κ1) is 18.5. The van der Waals surface area contributed by atoms with Crippen LogP contribution in [-0.2, 0) is 11.2 Å². The van der Waals surface area contributed by atoms with Crippen molar-refractivity contribution in [2.75, 3.05) is 19.0 Å². The number of ether oxygens (including phenoxy) is 2. The molecule has 0 aliphatic rings. The predicted molar refractivity (Wildman–Crippen MR) is 97.7 cm³/mol. The summed E-state index contributed by atoms with van der Waals surface area (Å²) >= 11 is 0. The Bertz CT molecular complexity index is 783. The van der Waals surface area contributed by atoms with Gasteiger partial charge in [-0.15, -0.1) is 0 Å². The van der Waals surface area contributed by atoms with Crippen molar-refractivity contribution in [1.29, 1.82) is 0 Å². The lowest BCUT2D eigenvalue weighted by Crippen LogP contribution is -2.22. The van der Waals surface area contributed by atoms with Crippen molar-refractivity contribution in [3.05, 3.63) is 53.1 Å². The number of ketones is 1. The van der Waals surface area contributed by atoms with Crippen LogP contribution in [0.3, 0.4) is 0 Å². The summed E-state index contributed by atoms with van der Waals surface area (Å²) in [5.41, 5.74) is 3.30. The Hall–Kier alpha value is -2.82. The summed E-state index contributed by atoms with van der Waals surface area (Å²) in [6, 6.07) is 10.8. The molecule has 0 unspecified atom stereocenters. The zero-order valence-electron chi connectivity index (χ0n) is 15.0. The molecule has 132 valence electrons. The maximum Gasteiger partial charge on any atom is 0.262 e. The second-order valence-corrected chi connectivity index (χ2v) is 5.72. The van der Waals surface area contributed by atoms with E-state index in [1.165, 1.54) is 14.0 Å². The van der Waals surface area contributed by atoms with Crippen LogP contribution in [0.15, 0.2) is 36.4 Å². The molecule has 25 heavy (non-hydrogen) atoms. The summed E-state index contributed by atoms with van der Waals surface area (Å²) in [4.78, 5) is 24.0. The van der Waals surface area contributed by atoms with Crippen LogP contribution in [0.25, 0.3) is 0 Å². The SMILES string of the molecule is CCc1cccc(C)c1NC(=O)COc1cc(OC)ccc1C(C)=O. The maximum atomic E-state index is 12.3. The van der Waals surface area contributed by atoms with E-state index < -0.39 is 0 Å². The first-order valence-corrected chi connectivity index (χ1v) is 8.16. The van der Waals surface area contributed by atoms with Crippen LogP contribution in [0.4, 0.5) is 5.69 Å². The molecule has 0 spiro atoms. The summed E-state index contributed by atoms with van der Waals surface area (Å²) in [7, 11) is 1.53. The highest BCUT2D eigenvalue weighted by molar-refractivity contribution is 5.97. The third-order valence-corrected chi connectivity index (χ3v) is 3.93. The van der Waals surface area contributed by atoms with Crippen LogP contribution >= 0.6 is 0 Å². The fourth-order valence-corrected chi connectivity index (χ4v) is 2.56. The number of Topliss-reactive ketones (excluding diaryl/α,β-unsaturated/α-hetero) is 1. The van der Waals surface area contributed by atoms with Gasteiger partial charge in [0.1, 0.15) is 11.5 Å². The van der Waals surface area contributed by atoms with E-state index in [-0.39, 0.29) is 18.3 Å². The average molecular weight is 341 g/mol. The van der Waals surface area contributed by atoms with Gasteiger partial charge in [-0.1, -0.05) is 25.1 Å². The van der Waals surface area contributed by atoms with E-state index in [2.05, 4.69) is 5.32 Å². The second kappa shape index (κ2) is 8.33. The van der Waals surface area contributed by atoms with E-state index in [1.54, 1.807) is 18.2 Å². The normalized spacial score (nSPS) is 10.2. The second-order valence-electron chi connectivity index (χ2n) is 5.72. The third kappa shape index (κ3) is 4.59. The van der Waals surface area contributed by atoms with E-state index in [9.17, 15) is 9.59 Å². The van der Waals surface area contributed by atoms with Crippen molar-refractivity contribution in [2.24, 2.45) is 0 Å². The Morgan fingerprint density at radius 1 is 1.16 bits per heavy atom. The molecule has 5 nitrogen and oxygen atoms in total. The van der Waals surface area contributed by atoms with Crippen LogP contribution < -0.4 is 14.8 Å². The van der Waals surface area contributed by atoms with Crippen LogP contribution in [0.2, 0.25) is 0 Å². The van der Waals surface area contributed by atoms with E-state index in [4.69, 9.17) is 9.47 Å². The molecule has 0 heterocycles. The molecule has 0 aliphatic carbocycles. The van der Waals surface area contributed by atoms with Gasteiger partial charge in [-0.25, -0.2) is 0 Å². The molecule has 0 aromatic heterocycles. The largest absolute Gasteiger partial charge is 0.497 e. The van der Waals surface area contributed by atoms with Crippen molar-refractivity contribution in [3.63, 3.8) is 0 Å². The summed E-state index contributed by atoms with van der Waals surface area (Å²) in [6.45, 7) is 5.25. The fourth-order valence-electron chi connectivity index (χ4n) is 2.56. The standard InChI is InChI=1S/C20H23NO4/c1-5-15-8-6-7-13(2)20(15)21-19(23)12-25-18-11-16(24-4)9-10-17(18)14(3)22/h6-11H,5,12H2,1-4H3,(H,21,23). The van der Waals surface area contributed by atoms with E-state index in [0.717, 1.165) is 23.2 Å². The number of amides is 1. The summed E-state index contributed by atoms with van der Waals surface area (Å²) in [5, 5.41) is 2.90. The topological polar surface area (TPSA) is 64.6 Å². The van der Waals surface area contributed by atoms with Crippen LogP contribution in [-0.4, -0.2) is 25.4 Å². The van der Waals surface area contributed by atoms with Gasteiger partial charge >= 0.3 is 0 Å². The molecule has 0 saturated carbocycles. The molecule has 0 radical (unpaired) electrons. The molecule has 2 aromatic rings. The van der Waals surface area contributed by atoms with Crippen molar-refractivity contribution in [2.45, 2.75) is 27.2 Å². The highest BCUT2D eigenvalue weighted by Gasteiger charge is 2.13. The highest BCUT2D eigenvalue weighted by Crippen LogP contribution is 2.26. The molecule has 0 aliphatic heterocycles. The zero-order chi connectivity index (χ0) is 18.4. The lowest BCUT2D eigenvalue weighted by molar-refractivity contribution is -0.118. The number of carbonyl (C=O) groups is 2. The van der Waals surface area contributed by atoms with Crippen molar-refractivity contribution in [1.82, 2.24) is 0 Å². The number of para-hydroxylation sites is 1.